The van der Waals surface area contributed by atoms with Crippen LogP contribution in [0.1, 0.15) is 51.8 Å². The molecule has 1 aromatic carbocycles. The summed E-state index contributed by atoms with van der Waals surface area (Å²) >= 11 is 1.60. The highest BCUT2D eigenvalue weighted by Crippen LogP contribution is 2.34. The number of thiazole rings is 1. The second-order valence-corrected chi connectivity index (χ2v) is 10.1. The first-order valence-corrected chi connectivity index (χ1v) is 11.4. The number of nitrogens with zero attached hydrogens (tertiary/aromatic N) is 3. The highest BCUT2D eigenvalue weighted by molar-refractivity contribution is 7.13. The zero-order chi connectivity index (χ0) is 22.4. The molecule has 1 N–H and O–H groups in total. The predicted octanol–water partition coefficient (Wildman–Crippen LogP) is 4.26. The quantitative estimate of drug-likeness (QED) is 0.773. The lowest BCUT2D eigenvalue weighted by atomic mass is 9.91. The molecule has 1 fully saturated rings. The molecule has 0 radical (unpaired) electrons. The van der Waals surface area contributed by atoms with E-state index < -0.39 is 11.1 Å². The largest absolute Gasteiger partial charge is 0.444 e. The fourth-order valence-electron chi connectivity index (χ4n) is 4.03. The maximum absolute atomic E-state index is 13.0. The number of carbonyl (C=O) groups excluding carboxylic acids is 2. The van der Waals surface area contributed by atoms with E-state index in [1.165, 1.54) is 0 Å². The van der Waals surface area contributed by atoms with Crippen molar-refractivity contribution in [3.05, 3.63) is 41.0 Å². The zero-order valence-corrected chi connectivity index (χ0v) is 19.4. The van der Waals surface area contributed by atoms with Crippen molar-refractivity contribution in [1.82, 2.24) is 15.2 Å². The molecule has 0 bridgehead atoms. The predicted molar refractivity (Wildman–Crippen MR) is 121 cm³/mol. The third kappa shape index (κ3) is 4.08. The lowest BCUT2D eigenvalue weighted by molar-refractivity contribution is -0.123. The van der Waals surface area contributed by atoms with E-state index in [1.54, 1.807) is 16.2 Å². The molecule has 7 nitrogen and oxygen atoms in total. The minimum Gasteiger partial charge on any atom is -0.444 e. The average molecular weight is 441 g/mol. The number of hydrogen-bond donors (Lipinski definition) is 1. The topological polar surface area (TPSA) is 83.9 Å². The smallest absolute Gasteiger partial charge is 0.410 e. The number of aliphatic imine (C=N–C) groups is 1. The van der Waals surface area contributed by atoms with Gasteiger partial charge in [-0.15, -0.1) is 11.3 Å². The Labute approximate surface area is 186 Å². The molecular weight excluding hydrogens is 412 g/mol. The number of rotatable bonds is 3. The van der Waals surface area contributed by atoms with Gasteiger partial charge in [0.05, 0.1) is 22.1 Å². The molecule has 1 saturated heterocycles. The molecular formula is C23H28N4O3S. The van der Waals surface area contributed by atoms with E-state index in [2.05, 4.69) is 10.3 Å². The molecule has 2 unspecified atom stereocenters. The minimum absolute atomic E-state index is 0.180. The fourth-order valence-corrected chi connectivity index (χ4v) is 4.84. The first kappa shape index (κ1) is 21.5. The standard InChI is InChI=1S/C23H28N4O3S/c1-14-18(31-13-24-14)15-8-10-16(11-9-15)23(5)20(28)25-19(26-23)17-7-6-12-27(17)21(29)30-22(2,3)4/h8-11,13,17H,6-7,12H2,1-5H3,(H,25,26,28). The highest BCUT2D eigenvalue weighted by atomic mass is 32.1. The fraction of sp³-hybridized carbons (Fsp3) is 0.478. The van der Waals surface area contributed by atoms with E-state index in [9.17, 15) is 9.59 Å². The molecule has 0 aliphatic carbocycles. The summed E-state index contributed by atoms with van der Waals surface area (Å²) in [4.78, 5) is 37.5. The summed E-state index contributed by atoms with van der Waals surface area (Å²) in [6.45, 7) is 9.93. The molecule has 8 heteroatoms. The van der Waals surface area contributed by atoms with Crippen LogP contribution in [0, 0.1) is 6.92 Å². The van der Waals surface area contributed by atoms with E-state index in [4.69, 9.17) is 9.73 Å². The Kier molecular flexibility index (Phi) is 5.37. The van der Waals surface area contributed by atoms with Crippen molar-refractivity contribution in [3.63, 3.8) is 0 Å². The Morgan fingerprint density at radius 1 is 1.29 bits per heavy atom. The second-order valence-electron chi connectivity index (χ2n) is 9.20. The number of carbonyl (C=O) groups is 2. The number of likely N-dealkylation sites (tertiary alicyclic amines) is 1. The molecule has 4 rings (SSSR count). The number of aromatic nitrogens is 1. The Morgan fingerprint density at radius 3 is 2.61 bits per heavy atom. The molecule has 0 spiro atoms. The second kappa shape index (κ2) is 7.75. The van der Waals surface area contributed by atoms with Crippen molar-refractivity contribution < 1.29 is 14.3 Å². The van der Waals surface area contributed by atoms with Gasteiger partial charge < -0.3 is 10.1 Å². The van der Waals surface area contributed by atoms with Crippen LogP contribution in [0.3, 0.4) is 0 Å². The van der Waals surface area contributed by atoms with Gasteiger partial charge in [0.15, 0.2) is 5.54 Å². The minimum atomic E-state index is -1.03. The number of hydrogen-bond acceptors (Lipinski definition) is 6. The molecule has 1 aromatic heterocycles. The summed E-state index contributed by atoms with van der Waals surface area (Å²) in [6, 6.07) is 7.62. The van der Waals surface area contributed by atoms with Gasteiger partial charge in [0.1, 0.15) is 11.4 Å². The van der Waals surface area contributed by atoms with E-state index in [1.807, 2.05) is 64.4 Å². The van der Waals surface area contributed by atoms with Crippen molar-refractivity contribution in [3.8, 4) is 10.4 Å². The Hall–Kier alpha value is -2.74. The molecule has 2 aliphatic heterocycles. The summed E-state index contributed by atoms with van der Waals surface area (Å²) in [6.07, 6.45) is 1.22. The monoisotopic (exact) mass is 440 g/mol. The van der Waals surface area contributed by atoms with Crippen LogP contribution < -0.4 is 5.32 Å². The van der Waals surface area contributed by atoms with Crippen LogP contribution in [-0.2, 0) is 15.1 Å². The van der Waals surface area contributed by atoms with Crippen LogP contribution in [-0.4, -0.2) is 45.9 Å². The summed E-state index contributed by atoms with van der Waals surface area (Å²) in [5, 5.41) is 2.94. The molecule has 3 heterocycles. The highest BCUT2D eigenvalue weighted by Gasteiger charge is 2.45. The van der Waals surface area contributed by atoms with Gasteiger partial charge in [-0.05, 0) is 58.6 Å². The van der Waals surface area contributed by atoms with Crippen LogP contribution in [0.4, 0.5) is 4.79 Å². The van der Waals surface area contributed by atoms with E-state index in [-0.39, 0.29) is 18.0 Å². The van der Waals surface area contributed by atoms with Crippen LogP contribution in [0.25, 0.3) is 10.4 Å². The number of amides is 2. The number of aryl methyl sites for hydroxylation is 1. The van der Waals surface area contributed by atoms with Crippen molar-refractivity contribution >= 4 is 29.2 Å². The van der Waals surface area contributed by atoms with Crippen molar-refractivity contribution in [1.29, 1.82) is 0 Å². The van der Waals surface area contributed by atoms with Crippen LogP contribution >= 0.6 is 11.3 Å². The van der Waals surface area contributed by atoms with Crippen LogP contribution in [0.2, 0.25) is 0 Å². The number of ether oxygens (including phenoxy) is 1. The third-order valence-corrected chi connectivity index (χ3v) is 6.66. The van der Waals surface area contributed by atoms with Crippen LogP contribution in [0.15, 0.2) is 34.8 Å². The zero-order valence-electron chi connectivity index (χ0n) is 18.6. The van der Waals surface area contributed by atoms with Gasteiger partial charge in [0, 0.05) is 6.54 Å². The van der Waals surface area contributed by atoms with E-state index in [0.717, 1.165) is 34.5 Å². The van der Waals surface area contributed by atoms with Crippen molar-refractivity contribution in [2.24, 2.45) is 4.99 Å². The van der Waals surface area contributed by atoms with E-state index >= 15 is 0 Å². The van der Waals surface area contributed by atoms with Crippen molar-refractivity contribution in [2.75, 3.05) is 6.54 Å². The summed E-state index contributed by atoms with van der Waals surface area (Å²) in [5.74, 6) is 0.360. The average Bonchev–Trinajstić information content (AvgIpc) is 3.40. The van der Waals surface area contributed by atoms with Gasteiger partial charge >= 0.3 is 6.09 Å². The van der Waals surface area contributed by atoms with E-state index in [0.29, 0.717) is 12.4 Å². The SMILES string of the molecule is Cc1ncsc1-c1ccc(C2(C)N=C(C3CCCN3C(=O)OC(C)(C)C)NC2=O)cc1. The molecule has 0 saturated carbocycles. The van der Waals surface area contributed by atoms with Crippen LogP contribution in [0.5, 0.6) is 0 Å². The summed E-state index contributed by atoms with van der Waals surface area (Å²) in [5.41, 5.74) is 3.11. The summed E-state index contributed by atoms with van der Waals surface area (Å²) < 4.78 is 5.55. The molecule has 2 atom stereocenters. The molecule has 2 amide bonds. The lowest BCUT2D eigenvalue weighted by Crippen LogP contribution is -2.47. The maximum Gasteiger partial charge on any atom is 0.410 e. The van der Waals surface area contributed by atoms with Gasteiger partial charge in [0.25, 0.3) is 5.91 Å². The molecule has 164 valence electrons. The first-order chi connectivity index (χ1) is 14.6. The van der Waals surface area contributed by atoms with Crippen molar-refractivity contribution in [2.45, 2.75) is 64.6 Å². The van der Waals surface area contributed by atoms with Gasteiger partial charge in [-0.3, -0.25) is 9.69 Å². The molecule has 2 aliphatic rings. The Balaban J connectivity index is 1.58. The lowest BCUT2D eigenvalue weighted by Gasteiger charge is -2.28. The first-order valence-electron chi connectivity index (χ1n) is 10.5. The molecule has 2 aromatic rings. The summed E-state index contributed by atoms with van der Waals surface area (Å²) in [7, 11) is 0. The number of amidine groups is 1. The number of benzene rings is 1. The van der Waals surface area contributed by atoms with Gasteiger partial charge in [0.2, 0.25) is 0 Å². The van der Waals surface area contributed by atoms with Gasteiger partial charge in [-0.2, -0.15) is 0 Å². The number of nitrogens with one attached hydrogen (secondary N) is 1. The maximum atomic E-state index is 13.0. The Bertz CT molecular complexity index is 1040. The normalized spacial score (nSPS) is 23.6. The molecule has 31 heavy (non-hydrogen) atoms. The van der Waals surface area contributed by atoms with Gasteiger partial charge in [-0.25, -0.2) is 14.8 Å². The Morgan fingerprint density at radius 2 is 2.00 bits per heavy atom. The third-order valence-electron chi connectivity index (χ3n) is 5.68. The van der Waals surface area contributed by atoms with Gasteiger partial charge in [-0.1, -0.05) is 24.3 Å².